The molecule has 0 spiro atoms. The Bertz CT molecular complexity index is 3700. The average Bonchev–Trinajstić information content (AvgIpc) is 3.76. The van der Waals surface area contributed by atoms with E-state index in [-0.39, 0.29) is 93.8 Å². The summed E-state index contributed by atoms with van der Waals surface area (Å²) in [6, 6.07) is 24.8. The Morgan fingerprint density at radius 1 is 0.821 bits per heavy atom. The molecule has 3 aliphatic rings. The predicted octanol–water partition coefficient (Wildman–Crippen LogP) is 7.99. The maximum atomic E-state index is 14.6. The van der Waals surface area contributed by atoms with Crippen LogP contribution in [0.3, 0.4) is 0 Å². The largest absolute Gasteiger partial charge is 0.415 e. The van der Waals surface area contributed by atoms with Gasteiger partial charge in [-0.2, -0.15) is 0 Å². The number of carbonyl (C=O) groups is 9. The molecule has 7 aromatic rings. The molecule has 0 aliphatic carbocycles. The van der Waals surface area contributed by atoms with E-state index < -0.39 is 60.2 Å². The van der Waals surface area contributed by atoms with E-state index in [1.807, 2.05) is 80.7 Å². The molecule has 0 radical (unpaired) electrons. The number of rotatable bonds is 20. The molecule has 22 heteroatoms. The summed E-state index contributed by atoms with van der Waals surface area (Å²) in [4.78, 5) is 135. The van der Waals surface area contributed by atoms with Crippen molar-refractivity contribution in [1.29, 1.82) is 0 Å². The quantitative estimate of drug-likeness (QED) is 0.0277. The molecule has 3 aromatic heterocycles. The van der Waals surface area contributed by atoms with Crippen LogP contribution in [0.15, 0.2) is 109 Å². The molecule has 9 amide bonds. The molecule has 6 heterocycles. The SMILES string of the molecule is Cc1csc2c(OC(=O)N3CCN(C(=O)CNC(=O)[C@H](CC(C)C)N(C(=O)CCCCCN4C(=O)C=CC4=O)C(=O)[C@@H](N)Cc4ccccc4)CC3)cc3c(c12)[C@H](CCl)CN3C(=O)c1cc2cc(NC(=O)c3cc4ccccc4[nH]3)ccc2[nH]1. The normalized spacial score (nSPS) is 15.8. The third-order valence-electron chi connectivity index (χ3n) is 15.5. The molecule has 1 fully saturated rings. The summed E-state index contributed by atoms with van der Waals surface area (Å²) < 4.78 is 6.91. The summed E-state index contributed by atoms with van der Waals surface area (Å²) in [6.45, 7) is 6.13. The first-order valence-electron chi connectivity index (χ1n) is 28.1. The smallest absolute Gasteiger partial charge is 0.409 e. The van der Waals surface area contributed by atoms with Crippen molar-refractivity contribution in [3.05, 3.63) is 137 Å². The van der Waals surface area contributed by atoms with E-state index in [4.69, 9.17) is 22.1 Å². The van der Waals surface area contributed by atoms with Crippen LogP contribution in [0, 0.1) is 12.8 Å². The van der Waals surface area contributed by atoms with Crippen LogP contribution in [0.1, 0.15) is 89.5 Å². The number of alkyl halides is 1. The van der Waals surface area contributed by atoms with E-state index in [0.717, 1.165) is 47.5 Å². The molecular weight excluding hydrogens is 1110 g/mol. The van der Waals surface area contributed by atoms with Crippen LogP contribution >= 0.6 is 22.9 Å². The van der Waals surface area contributed by atoms with Crippen LogP contribution in [-0.2, 0) is 35.2 Å². The third kappa shape index (κ3) is 12.6. The van der Waals surface area contributed by atoms with Crippen LogP contribution in [0.4, 0.5) is 16.2 Å². The van der Waals surface area contributed by atoms with Crippen molar-refractivity contribution in [2.75, 3.05) is 61.9 Å². The summed E-state index contributed by atoms with van der Waals surface area (Å²) in [5, 5.41) is 10.1. The van der Waals surface area contributed by atoms with Gasteiger partial charge in [0.15, 0.2) is 5.75 Å². The second-order valence-electron chi connectivity index (χ2n) is 21.9. The molecule has 0 saturated carbocycles. The number of H-pyrrole nitrogens is 2. The predicted molar refractivity (Wildman–Crippen MR) is 321 cm³/mol. The lowest BCUT2D eigenvalue weighted by Gasteiger charge is -2.35. The van der Waals surface area contributed by atoms with Crippen molar-refractivity contribution in [1.82, 2.24) is 34.9 Å². The number of aromatic amines is 2. The lowest BCUT2D eigenvalue weighted by molar-refractivity contribution is -0.153. The first kappa shape index (κ1) is 58.5. The number of piperazine rings is 1. The summed E-state index contributed by atoms with van der Waals surface area (Å²) in [7, 11) is 0. The molecule has 3 atom stereocenters. The van der Waals surface area contributed by atoms with Crippen LogP contribution in [-0.4, -0.2) is 147 Å². The maximum Gasteiger partial charge on any atom is 0.415 e. The molecule has 20 nitrogen and oxygen atoms in total. The number of anilines is 2. The van der Waals surface area contributed by atoms with Gasteiger partial charge in [-0.15, -0.1) is 22.9 Å². The zero-order valence-corrected chi connectivity index (χ0v) is 48.4. The number of imide groups is 2. The van der Waals surface area contributed by atoms with E-state index in [1.165, 1.54) is 33.3 Å². The molecule has 1 saturated heterocycles. The van der Waals surface area contributed by atoms with E-state index >= 15 is 0 Å². The first-order valence-corrected chi connectivity index (χ1v) is 29.5. The van der Waals surface area contributed by atoms with Crippen LogP contribution in [0.2, 0.25) is 0 Å². The number of hydrogen-bond donors (Lipinski definition) is 5. The first-order chi connectivity index (χ1) is 40.5. The van der Waals surface area contributed by atoms with Gasteiger partial charge >= 0.3 is 6.09 Å². The third-order valence-corrected chi connectivity index (χ3v) is 17.0. The number of benzene rings is 4. The van der Waals surface area contributed by atoms with Gasteiger partial charge in [-0.25, -0.2) is 4.79 Å². The Balaban J connectivity index is 0.776. The van der Waals surface area contributed by atoms with Crippen LogP contribution in [0.5, 0.6) is 5.75 Å². The number of nitrogens with two attached hydrogens (primary N) is 1. The number of halogens is 1. The van der Waals surface area contributed by atoms with Gasteiger partial charge in [-0.3, -0.25) is 48.2 Å². The van der Waals surface area contributed by atoms with E-state index in [1.54, 1.807) is 41.3 Å². The van der Waals surface area contributed by atoms with Gasteiger partial charge in [0, 0.05) is 109 Å². The molecule has 6 N–H and O–H groups in total. The van der Waals surface area contributed by atoms with E-state index in [2.05, 4.69) is 20.6 Å². The maximum absolute atomic E-state index is 14.6. The highest BCUT2D eigenvalue weighted by molar-refractivity contribution is 7.17. The molecule has 3 aliphatic heterocycles. The molecule has 10 rings (SSSR count). The number of unbranched alkanes of at least 4 members (excludes halogenated alkanes) is 2. The zero-order chi connectivity index (χ0) is 59.3. The fourth-order valence-corrected chi connectivity index (χ4v) is 12.5. The highest BCUT2D eigenvalue weighted by atomic mass is 35.5. The number of aromatic nitrogens is 2. The molecule has 0 unspecified atom stereocenters. The summed E-state index contributed by atoms with van der Waals surface area (Å²) in [6.07, 6.45) is 3.05. The fraction of sp³-hybridized carbons (Fsp3) is 0.339. The Kier molecular flexibility index (Phi) is 17.7. The summed E-state index contributed by atoms with van der Waals surface area (Å²) >= 11 is 8.05. The molecule has 4 aromatic carbocycles. The van der Waals surface area contributed by atoms with Gasteiger partial charge in [0.2, 0.25) is 23.6 Å². The number of amides is 9. The number of ether oxygens (including phenoxy) is 1. The fourth-order valence-electron chi connectivity index (χ4n) is 11.2. The minimum atomic E-state index is -1.29. The zero-order valence-electron chi connectivity index (χ0n) is 46.8. The van der Waals surface area contributed by atoms with Gasteiger partial charge in [-0.1, -0.05) is 68.8 Å². The van der Waals surface area contributed by atoms with Crippen molar-refractivity contribution in [3.63, 3.8) is 0 Å². The molecule has 0 bridgehead atoms. The Labute approximate surface area is 493 Å². The Morgan fingerprint density at radius 2 is 1.51 bits per heavy atom. The number of fused-ring (bicyclic) bond motifs is 5. The van der Waals surface area contributed by atoms with Crippen molar-refractivity contribution in [2.24, 2.45) is 11.7 Å². The van der Waals surface area contributed by atoms with Crippen LogP contribution < -0.4 is 26.0 Å². The highest BCUT2D eigenvalue weighted by Crippen LogP contribution is 2.49. The van der Waals surface area contributed by atoms with E-state index in [0.29, 0.717) is 52.9 Å². The van der Waals surface area contributed by atoms with Crippen molar-refractivity contribution in [3.8, 4) is 5.75 Å². The number of thiophene rings is 1. The van der Waals surface area contributed by atoms with E-state index in [9.17, 15) is 43.2 Å². The number of hydrogen-bond acceptors (Lipinski definition) is 12. The number of nitrogens with one attached hydrogen (secondary N) is 4. The Hall–Kier alpha value is -8.66. The van der Waals surface area contributed by atoms with Crippen molar-refractivity contribution >= 4 is 120 Å². The van der Waals surface area contributed by atoms with Crippen molar-refractivity contribution in [2.45, 2.75) is 77.3 Å². The topological polar surface area (TPSA) is 261 Å². The van der Waals surface area contributed by atoms with Gasteiger partial charge in [0.1, 0.15) is 17.4 Å². The number of aryl methyl sites for hydroxylation is 1. The summed E-state index contributed by atoms with van der Waals surface area (Å²) in [5.74, 6) is -3.79. The minimum absolute atomic E-state index is 0.0913. The number of para-hydroxylation sites is 1. The molecular formula is C62H65ClN10O10S. The van der Waals surface area contributed by atoms with Gasteiger partial charge < -0.3 is 45.8 Å². The highest BCUT2D eigenvalue weighted by Gasteiger charge is 2.40. The van der Waals surface area contributed by atoms with Crippen LogP contribution in [0.25, 0.3) is 31.9 Å². The standard InChI is InChI=1S/C62H65ClN10O10S/c1-36(2)26-49(73(60(80)43(64)27-38-12-6-4-7-13-38)53(76)16-8-5-11-21-71-51(74)19-20-52(71)75)59(79)65-33-54(77)69-22-24-70(25-23-69)62(82)83-50-31-48-56(55-37(3)35-84-57(50)55)41(32-63)34-72(48)61(81)47-30-40-28-42(17-18-45(40)68-47)66-58(78)46-29-39-14-9-10-15-44(39)67-46/h4,6-7,9-10,12-15,17-20,28-31,35-36,41,43,49,67-68H,5,8,11,16,21-27,32-34,64H2,1-3H3,(H,65,79)(H,66,78)/t41-,43+,49+/m1/s1. The second-order valence-corrected chi connectivity index (χ2v) is 23.1. The van der Waals surface area contributed by atoms with Gasteiger partial charge in [0.05, 0.1) is 23.0 Å². The average molecular weight is 1180 g/mol. The summed E-state index contributed by atoms with van der Waals surface area (Å²) in [5.41, 5.74) is 12.4. The Morgan fingerprint density at radius 3 is 2.24 bits per heavy atom. The minimum Gasteiger partial charge on any atom is -0.409 e. The molecule has 436 valence electrons. The lowest BCUT2D eigenvalue weighted by Crippen LogP contribution is -2.58. The van der Waals surface area contributed by atoms with Crippen molar-refractivity contribution < 1.29 is 47.9 Å². The molecule has 84 heavy (non-hydrogen) atoms. The number of carbonyl (C=O) groups excluding carboxylic acids is 9. The van der Waals surface area contributed by atoms with Gasteiger partial charge in [0.25, 0.3) is 23.6 Å². The van der Waals surface area contributed by atoms with Gasteiger partial charge in [-0.05, 0) is 97.0 Å². The second kappa shape index (κ2) is 25.5. The monoisotopic (exact) mass is 1180 g/mol. The number of nitrogens with zero attached hydrogens (tertiary/aromatic N) is 5. The lowest BCUT2D eigenvalue weighted by atomic mass is 9.97.